The van der Waals surface area contributed by atoms with Gasteiger partial charge >= 0.3 is 0 Å². The Bertz CT molecular complexity index is 785. The number of para-hydroxylation sites is 1. The van der Waals surface area contributed by atoms with Gasteiger partial charge in [-0.25, -0.2) is 0 Å². The molecule has 2 amide bonds. The fourth-order valence-corrected chi connectivity index (χ4v) is 3.49. The Balaban J connectivity index is 1.65. The summed E-state index contributed by atoms with van der Waals surface area (Å²) < 4.78 is 0. The Hall–Kier alpha value is -2.04. The monoisotopic (exact) mass is 376 g/mol. The number of halogens is 2. The van der Waals surface area contributed by atoms with Gasteiger partial charge in [0, 0.05) is 19.5 Å². The lowest BCUT2D eigenvalue weighted by Gasteiger charge is -2.19. The molecule has 4 nitrogen and oxygen atoms in total. The van der Waals surface area contributed by atoms with E-state index in [1.807, 2.05) is 31.2 Å². The van der Waals surface area contributed by atoms with Crippen LogP contribution in [0.15, 0.2) is 42.5 Å². The fourth-order valence-electron chi connectivity index (χ4n) is 2.89. The minimum atomic E-state index is -0.412. The maximum absolute atomic E-state index is 12.4. The third-order valence-electron chi connectivity index (χ3n) is 4.29. The van der Waals surface area contributed by atoms with Crippen molar-refractivity contribution in [1.29, 1.82) is 0 Å². The molecule has 1 aliphatic rings. The molecule has 1 unspecified atom stereocenters. The summed E-state index contributed by atoms with van der Waals surface area (Å²) in [6.07, 6.45) is 0.154. The summed E-state index contributed by atoms with van der Waals surface area (Å²) >= 11 is 12.4. The molecule has 0 spiro atoms. The highest BCUT2D eigenvalue weighted by Gasteiger charge is 2.36. The second-order valence-corrected chi connectivity index (χ2v) is 6.99. The summed E-state index contributed by atoms with van der Waals surface area (Å²) in [7, 11) is 0. The molecule has 1 saturated heterocycles. The van der Waals surface area contributed by atoms with Crippen molar-refractivity contribution in [1.82, 2.24) is 5.32 Å². The van der Waals surface area contributed by atoms with E-state index < -0.39 is 5.92 Å². The Morgan fingerprint density at radius 2 is 1.80 bits per heavy atom. The normalized spacial score (nSPS) is 17.0. The third-order valence-corrected chi connectivity index (χ3v) is 4.90. The van der Waals surface area contributed by atoms with E-state index in [1.165, 1.54) is 10.5 Å². The summed E-state index contributed by atoms with van der Waals surface area (Å²) in [5, 5.41) is 3.71. The van der Waals surface area contributed by atoms with Crippen molar-refractivity contribution in [2.24, 2.45) is 5.92 Å². The van der Waals surface area contributed by atoms with Gasteiger partial charge < -0.3 is 10.2 Å². The Morgan fingerprint density at radius 3 is 2.44 bits per heavy atom. The van der Waals surface area contributed by atoms with E-state index in [9.17, 15) is 9.59 Å². The molecule has 25 heavy (non-hydrogen) atoms. The number of anilines is 1. The van der Waals surface area contributed by atoms with Gasteiger partial charge in [0.25, 0.3) is 0 Å². The summed E-state index contributed by atoms with van der Waals surface area (Å²) in [5.74, 6) is -0.699. The first kappa shape index (κ1) is 17.8. The van der Waals surface area contributed by atoms with E-state index in [-0.39, 0.29) is 24.8 Å². The second kappa shape index (κ2) is 7.46. The standard InChI is InChI=1S/C19H18Cl2N2O2/c1-12-5-7-13(8-6-12)10-22-19(25)14-9-17(24)23(11-14)18-15(20)3-2-4-16(18)21/h2-8,14H,9-11H2,1H3,(H,22,25). The smallest absolute Gasteiger partial charge is 0.227 e. The molecule has 1 heterocycles. The SMILES string of the molecule is Cc1ccc(CNC(=O)C2CC(=O)N(c3c(Cl)cccc3Cl)C2)cc1. The molecule has 2 aromatic rings. The quantitative estimate of drug-likeness (QED) is 0.877. The van der Waals surface area contributed by atoms with Crippen LogP contribution < -0.4 is 10.2 Å². The zero-order valence-electron chi connectivity index (χ0n) is 13.8. The van der Waals surface area contributed by atoms with E-state index in [1.54, 1.807) is 18.2 Å². The van der Waals surface area contributed by atoms with Crippen molar-refractivity contribution >= 4 is 40.7 Å². The predicted molar refractivity (Wildman–Crippen MR) is 99.9 cm³/mol. The number of hydrogen-bond acceptors (Lipinski definition) is 2. The highest BCUT2D eigenvalue weighted by atomic mass is 35.5. The van der Waals surface area contributed by atoms with Crippen LogP contribution in [-0.4, -0.2) is 18.4 Å². The molecule has 0 aromatic heterocycles. The zero-order chi connectivity index (χ0) is 18.0. The Labute approximate surface area is 156 Å². The summed E-state index contributed by atoms with van der Waals surface area (Å²) in [4.78, 5) is 26.3. The summed E-state index contributed by atoms with van der Waals surface area (Å²) in [5.41, 5.74) is 2.67. The number of carbonyl (C=O) groups excluding carboxylic acids is 2. The first-order valence-corrected chi connectivity index (χ1v) is 8.79. The van der Waals surface area contributed by atoms with E-state index in [0.29, 0.717) is 22.3 Å². The zero-order valence-corrected chi connectivity index (χ0v) is 15.3. The van der Waals surface area contributed by atoms with Gasteiger partial charge in [-0.3, -0.25) is 9.59 Å². The van der Waals surface area contributed by atoms with Gasteiger partial charge in [-0.05, 0) is 24.6 Å². The van der Waals surface area contributed by atoms with Gasteiger partial charge in [-0.2, -0.15) is 0 Å². The van der Waals surface area contributed by atoms with Crippen LogP contribution in [0, 0.1) is 12.8 Å². The van der Waals surface area contributed by atoms with Crippen LogP contribution in [0.1, 0.15) is 17.5 Å². The van der Waals surface area contributed by atoms with Crippen LogP contribution in [0.5, 0.6) is 0 Å². The highest BCUT2D eigenvalue weighted by Crippen LogP contribution is 2.37. The van der Waals surface area contributed by atoms with Gasteiger partial charge in [-0.1, -0.05) is 59.1 Å². The molecule has 0 saturated carbocycles. The molecule has 1 atom stereocenters. The summed E-state index contributed by atoms with van der Waals surface area (Å²) in [6.45, 7) is 2.74. The van der Waals surface area contributed by atoms with E-state index in [2.05, 4.69) is 5.32 Å². The van der Waals surface area contributed by atoms with Gasteiger partial charge in [0.15, 0.2) is 0 Å². The molecule has 0 bridgehead atoms. The van der Waals surface area contributed by atoms with E-state index in [4.69, 9.17) is 23.2 Å². The fraction of sp³-hybridized carbons (Fsp3) is 0.263. The van der Waals surface area contributed by atoms with Crippen molar-refractivity contribution in [3.63, 3.8) is 0 Å². The number of aryl methyl sites for hydroxylation is 1. The second-order valence-electron chi connectivity index (χ2n) is 6.18. The molecule has 1 fully saturated rings. The van der Waals surface area contributed by atoms with Gasteiger partial charge in [0.1, 0.15) is 0 Å². The number of nitrogens with one attached hydrogen (secondary N) is 1. The number of nitrogens with zero attached hydrogens (tertiary/aromatic N) is 1. The van der Waals surface area contributed by atoms with Gasteiger partial charge in [0.2, 0.25) is 11.8 Å². The first-order valence-electron chi connectivity index (χ1n) is 8.03. The van der Waals surface area contributed by atoms with Crippen molar-refractivity contribution < 1.29 is 9.59 Å². The topological polar surface area (TPSA) is 49.4 Å². The maximum atomic E-state index is 12.4. The van der Waals surface area contributed by atoms with Crippen LogP contribution in [0.4, 0.5) is 5.69 Å². The third kappa shape index (κ3) is 3.97. The highest BCUT2D eigenvalue weighted by molar-refractivity contribution is 6.40. The average molecular weight is 377 g/mol. The van der Waals surface area contributed by atoms with Crippen molar-refractivity contribution in [3.8, 4) is 0 Å². The van der Waals surface area contributed by atoms with Crippen molar-refractivity contribution in [2.45, 2.75) is 19.9 Å². The summed E-state index contributed by atoms with van der Waals surface area (Å²) in [6, 6.07) is 13.0. The molecule has 1 N–H and O–H groups in total. The molecular weight excluding hydrogens is 359 g/mol. The number of hydrogen-bond donors (Lipinski definition) is 1. The predicted octanol–water partition coefficient (Wildman–Crippen LogP) is 3.97. The molecule has 0 radical (unpaired) electrons. The molecule has 0 aliphatic carbocycles. The number of rotatable bonds is 4. The Morgan fingerprint density at radius 1 is 1.16 bits per heavy atom. The van der Waals surface area contributed by atoms with Crippen LogP contribution in [0.25, 0.3) is 0 Å². The van der Waals surface area contributed by atoms with Crippen LogP contribution in [0.3, 0.4) is 0 Å². The molecule has 2 aromatic carbocycles. The number of amides is 2. The largest absolute Gasteiger partial charge is 0.352 e. The Kier molecular flexibility index (Phi) is 5.30. The van der Waals surface area contributed by atoms with E-state index in [0.717, 1.165) is 5.56 Å². The number of benzene rings is 2. The lowest BCUT2D eigenvalue weighted by molar-refractivity contribution is -0.126. The maximum Gasteiger partial charge on any atom is 0.227 e. The molecule has 130 valence electrons. The lowest BCUT2D eigenvalue weighted by Crippen LogP contribution is -2.32. The van der Waals surface area contributed by atoms with Crippen LogP contribution >= 0.6 is 23.2 Å². The molecular formula is C19H18Cl2N2O2. The van der Waals surface area contributed by atoms with Crippen molar-refractivity contribution in [3.05, 3.63) is 63.6 Å². The first-order chi connectivity index (χ1) is 12.0. The minimum Gasteiger partial charge on any atom is -0.352 e. The van der Waals surface area contributed by atoms with E-state index >= 15 is 0 Å². The molecule has 3 rings (SSSR count). The minimum absolute atomic E-state index is 0.139. The lowest BCUT2D eigenvalue weighted by atomic mass is 10.1. The molecule has 1 aliphatic heterocycles. The number of carbonyl (C=O) groups is 2. The molecule has 6 heteroatoms. The van der Waals surface area contributed by atoms with Crippen LogP contribution in [-0.2, 0) is 16.1 Å². The van der Waals surface area contributed by atoms with Gasteiger partial charge in [-0.15, -0.1) is 0 Å². The van der Waals surface area contributed by atoms with Crippen molar-refractivity contribution in [2.75, 3.05) is 11.4 Å². The van der Waals surface area contributed by atoms with Gasteiger partial charge in [0.05, 0.1) is 21.7 Å². The van der Waals surface area contributed by atoms with Crippen LogP contribution in [0.2, 0.25) is 10.0 Å². The average Bonchev–Trinajstić information content (AvgIpc) is 2.96.